The van der Waals surface area contributed by atoms with Crippen LogP contribution in [-0.4, -0.2) is 26.2 Å². The number of methoxy groups -OCH3 is 1. The van der Waals surface area contributed by atoms with Gasteiger partial charge in [0.25, 0.3) is 0 Å². The van der Waals surface area contributed by atoms with Crippen LogP contribution < -0.4 is 10.6 Å². The molecule has 0 aliphatic rings. The van der Waals surface area contributed by atoms with E-state index < -0.39 is 0 Å². The monoisotopic (exact) mass is 326 g/mol. The standard InChI is InChI=1S/C20H26N2O2/c1-16-9-6-7-13-18(16)19(24-2)15-22-20(23)21-14-8-12-17-10-4-3-5-11-17/h3-7,9-11,13,19H,8,12,14-15H2,1-2H3,(H2,21,22,23). The topological polar surface area (TPSA) is 50.4 Å². The summed E-state index contributed by atoms with van der Waals surface area (Å²) in [6, 6.07) is 18.2. The van der Waals surface area contributed by atoms with Crippen molar-refractivity contribution in [2.45, 2.75) is 25.9 Å². The minimum absolute atomic E-state index is 0.138. The molecule has 128 valence electrons. The molecule has 2 aromatic rings. The highest BCUT2D eigenvalue weighted by atomic mass is 16.5. The number of carbonyl (C=O) groups is 1. The number of rotatable bonds is 8. The van der Waals surface area contributed by atoms with Gasteiger partial charge in [0.15, 0.2) is 0 Å². The average molecular weight is 326 g/mol. The van der Waals surface area contributed by atoms with Crippen molar-refractivity contribution >= 4 is 6.03 Å². The highest BCUT2D eigenvalue weighted by Crippen LogP contribution is 2.19. The zero-order valence-electron chi connectivity index (χ0n) is 14.4. The molecule has 0 spiro atoms. The minimum atomic E-state index is -0.154. The summed E-state index contributed by atoms with van der Waals surface area (Å²) in [7, 11) is 1.66. The van der Waals surface area contributed by atoms with Gasteiger partial charge in [-0.2, -0.15) is 0 Å². The lowest BCUT2D eigenvalue weighted by molar-refractivity contribution is 0.103. The van der Waals surface area contributed by atoms with Gasteiger partial charge in [-0.3, -0.25) is 0 Å². The van der Waals surface area contributed by atoms with E-state index in [9.17, 15) is 4.79 Å². The highest BCUT2D eigenvalue weighted by molar-refractivity contribution is 5.73. The lowest BCUT2D eigenvalue weighted by Gasteiger charge is -2.18. The summed E-state index contributed by atoms with van der Waals surface area (Å²) in [5, 5.41) is 5.78. The quantitative estimate of drug-likeness (QED) is 0.728. The Bertz CT molecular complexity index is 629. The molecule has 4 nitrogen and oxygen atoms in total. The number of hydrogen-bond donors (Lipinski definition) is 2. The largest absolute Gasteiger partial charge is 0.375 e. The van der Waals surface area contributed by atoms with Crippen molar-refractivity contribution in [2.75, 3.05) is 20.2 Å². The molecular formula is C20H26N2O2. The molecule has 0 saturated heterocycles. The molecule has 0 radical (unpaired) electrons. The van der Waals surface area contributed by atoms with Crippen LogP contribution in [0, 0.1) is 6.92 Å². The second-order valence-electron chi connectivity index (χ2n) is 5.81. The fraction of sp³-hybridized carbons (Fsp3) is 0.350. The van der Waals surface area contributed by atoms with E-state index >= 15 is 0 Å². The number of nitrogens with one attached hydrogen (secondary N) is 2. The predicted octanol–water partition coefficient (Wildman–Crippen LogP) is 3.61. The Morgan fingerprint density at radius 3 is 2.46 bits per heavy atom. The summed E-state index contributed by atoms with van der Waals surface area (Å²) >= 11 is 0. The molecule has 0 aliphatic carbocycles. The second-order valence-corrected chi connectivity index (χ2v) is 5.81. The van der Waals surface area contributed by atoms with Gasteiger partial charge in [0.1, 0.15) is 0 Å². The van der Waals surface area contributed by atoms with Crippen molar-refractivity contribution in [1.29, 1.82) is 0 Å². The molecule has 1 atom stereocenters. The summed E-state index contributed by atoms with van der Waals surface area (Å²) in [6.45, 7) is 3.15. The van der Waals surface area contributed by atoms with Crippen LogP contribution in [0.3, 0.4) is 0 Å². The number of aryl methyl sites for hydroxylation is 2. The molecule has 2 aromatic carbocycles. The molecule has 0 aliphatic heterocycles. The Hall–Kier alpha value is -2.33. The Labute approximate surface area is 144 Å². The maximum atomic E-state index is 11.9. The SMILES string of the molecule is COC(CNC(=O)NCCCc1ccccc1)c1ccccc1C. The van der Waals surface area contributed by atoms with Crippen molar-refractivity contribution < 1.29 is 9.53 Å². The number of benzene rings is 2. The second kappa shape index (κ2) is 9.73. The Morgan fingerprint density at radius 1 is 1.04 bits per heavy atom. The molecule has 2 amide bonds. The molecule has 0 aromatic heterocycles. The van der Waals surface area contributed by atoms with Crippen LogP contribution in [0.2, 0.25) is 0 Å². The van der Waals surface area contributed by atoms with E-state index in [4.69, 9.17) is 4.74 Å². The molecule has 1 unspecified atom stereocenters. The van der Waals surface area contributed by atoms with E-state index in [2.05, 4.69) is 22.8 Å². The van der Waals surface area contributed by atoms with Crippen molar-refractivity contribution in [2.24, 2.45) is 0 Å². The number of ether oxygens (including phenoxy) is 1. The fourth-order valence-corrected chi connectivity index (χ4v) is 2.66. The van der Waals surface area contributed by atoms with Crippen molar-refractivity contribution in [3.63, 3.8) is 0 Å². The van der Waals surface area contributed by atoms with Gasteiger partial charge < -0.3 is 15.4 Å². The van der Waals surface area contributed by atoms with E-state index in [1.54, 1.807) is 7.11 Å². The first-order valence-electron chi connectivity index (χ1n) is 8.34. The zero-order valence-corrected chi connectivity index (χ0v) is 14.4. The van der Waals surface area contributed by atoms with Gasteiger partial charge in [0.05, 0.1) is 6.10 Å². The van der Waals surface area contributed by atoms with Crippen LogP contribution in [0.4, 0.5) is 4.79 Å². The van der Waals surface area contributed by atoms with E-state index in [0.29, 0.717) is 13.1 Å². The smallest absolute Gasteiger partial charge is 0.314 e. The van der Waals surface area contributed by atoms with Crippen LogP contribution in [0.1, 0.15) is 29.2 Å². The predicted molar refractivity (Wildman–Crippen MR) is 97.1 cm³/mol. The van der Waals surface area contributed by atoms with Crippen LogP contribution in [0.5, 0.6) is 0 Å². The third kappa shape index (κ3) is 5.70. The first kappa shape index (κ1) is 18.0. The summed E-state index contributed by atoms with van der Waals surface area (Å²) < 4.78 is 5.51. The van der Waals surface area contributed by atoms with Crippen LogP contribution >= 0.6 is 0 Å². The molecule has 0 saturated carbocycles. The molecule has 2 N–H and O–H groups in total. The van der Waals surface area contributed by atoms with Gasteiger partial charge in [0.2, 0.25) is 0 Å². The number of hydrogen-bond acceptors (Lipinski definition) is 2. The maximum Gasteiger partial charge on any atom is 0.314 e. The molecule has 0 fully saturated rings. The van der Waals surface area contributed by atoms with Gasteiger partial charge in [-0.15, -0.1) is 0 Å². The molecular weight excluding hydrogens is 300 g/mol. The molecule has 24 heavy (non-hydrogen) atoms. The first-order valence-corrected chi connectivity index (χ1v) is 8.34. The molecule has 0 heterocycles. The van der Waals surface area contributed by atoms with Crippen molar-refractivity contribution in [1.82, 2.24) is 10.6 Å². The Kier molecular flexibility index (Phi) is 7.30. The third-order valence-corrected chi connectivity index (χ3v) is 4.04. The zero-order chi connectivity index (χ0) is 17.2. The molecule has 4 heteroatoms. The lowest BCUT2D eigenvalue weighted by atomic mass is 10.0. The Morgan fingerprint density at radius 2 is 1.75 bits per heavy atom. The number of urea groups is 1. The maximum absolute atomic E-state index is 11.9. The summed E-state index contributed by atoms with van der Waals surface area (Å²) in [6.07, 6.45) is 1.75. The Balaban J connectivity index is 1.69. The van der Waals surface area contributed by atoms with Crippen LogP contribution in [0.25, 0.3) is 0 Å². The van der Waals surface area contributed by atoms with Gasteiger partial charge in [-0.25, -0.2) is 4.79 Å². The van der Waals surface area contributed by atoms with E-state index in [-0.39, 0.29) is 12.1 Å². The van der Waals surface area contributed by atoms with E-state index in [0.717, 1.165) is 24.0 Å². The van der Waals surface area contributed by atoms with Gasteiger partial charge >= 0.3 is 6.03 Å². The normalized spacial score (nSPS) is 11.8. The van der Waals surface area contributed by atoms with Crippen molar-refractivity contribution in [3.8, 4) is 0 Å². The van der Waals surface area contributed by atoms with Crippen LogP contribution in [0.15, 0.2) is 54.6 Å². The minimum Gasteiger partial charge on any atom is -0.375 e. The summed E-state index contributed by atoms with van der Waals surface area (Å²) in [5.74, 6) is 0. The van der Waals surface area contributed by atoms with Gasteiger partial charge in [0, 0.05) is 20.2 Å². The van der Waals surface area contributed by atoms with E-state index in [1.165, 1.54) is 5.56 Å². The third-order valence-electron chi connectivity index (χ3n) is 4.04. The first-order chi connectivity index (χ1) is 11.7. The van der Waals surface area contributed by atoms with Gasteiger partial charge in [-0.1, -0.05) is 54.6 Å². The number of amides is 2. The molecule has 2 rings (SSSR count). The number of carbonyl (C=O) groups excluding carboxylic acids is 1. The average Bonchev–Trinajstić information content (AvgIpc) is 2.61. The van der Waals surface area contributed by atoms with Crippen LogP contribution in [-0.2, 0) is 11.2 Å². The fourth-order valence-electron chi connectivity index (χ4n) is 2.66. The van der Waals surface area contributed by atoms with Crippen molar-refractivity contribution in [3.05, 3.63) is 71.3 Å². The highest BCUT2D eigenvalue weighted by Gasteiger charge is 2.13. The van der Waals surface area contributed by atoms with E-state index in [1.807, 2.05) is 49.4 Å². The van der Waals surface area contributed by atoms with Gasteiger partial charge in [-0.05, 0) is 36.5 Å². The lowest BCUT2D eigenvalue weighted by Crippen LogP contribution is -2.38. The molecule has 0 bridgehead atoms. The summed E-state index contributed by atoms with van der Waals surface area (Å²) in [5.41, 5.74) is 3.55. The summed E-state index contributed by atoms with van der Waals surface area (Å²) in [4.78, 5) is 11.9.